The molecule has 192 valence electrons. The smallest absolute Gasteiger partial charge is 0.344 e. The van der Waals surface area contributed by atoms with Crippen molar-refractivity contribution in [2.75, 3.05) is 14.2 Å². The monoisotopic (exact) mass is 582 g/mol. The van der Waals surface area contributed by atoms with Crippen LogP contribution in [0.1, 0.15) is 22.6 Å². The highest BCUT2D eigenvalue weighted by molar-refractivity contribution is 9.10. The van der Waals surface area contributed by atoms with Crippen LogP contribution in [0, 0.1) is 0 Å². The maximum atomic E-state index is 13.6. The lowest BCUT2D eigenvalue weighted by molar-refractivity contribution is 0.387. The van der Waals surface area contributed by atoms with E-state index in [2.05, 4.69) is 26.0 Å². The molecule has 3 aromatic carbocycles. The molecule has 0 aliphatic carbocycles. The van der Waals surface area contributed by atoms with Crippen LogP contribution in [0.3, 0.4) is 0 Å². The first kappa shape index (κ1) is 23.4. The molecule has 9 nitrogen and oxygen atoms in total. The first-order valence-corrected chi connectivity index (χ1v) is 12.8. The molecular weight excluding hydrogens is 564 g/mol. The largest absolute Gasteiger partial charge is 0.497 e. The molecule has 1 unspecified atom stereocenters. The minimum Gasteiger partial charge on any atom is -0.497 e. The highest BCUT2D eigenvalue weighted by Gasteiger charge is 2.39. The Morgan fingerprint density at radius 3 is 2.62 bits per heavy atom. The van der Waals surface area contributed by atoms with Crippen molar-refractivity contribution in [3.05, 3.63) is 105 Å². The molecule has 1 atom stereocenters. The van der Waals surface area contributed by atoms with Gasteiger partial charge in [0.1, 0.15) is 23.4 Å². The van der Waals surface area contributed by atoms with E-state index in [1.54, 1.807) is 43.3 Å². The molecule has 3 aromatic heterocycles. The second kappa shape index (κ2) is 8.95. The molecular formula is C29H19BrN4O5. The van der Waals surface area contributed by atoms with Crippen LogP contribution in [0.15, 0.2) is 86.7 Å². The fraction of sp³-hybridized carbons (Fsp3) is 0.103. The molecule has 0 N–H and O–H groups in total. The van der Waals surface area contributed by atoms with Crippen molar-refractivity contribution in [2.45, 2.75) is 5.92 Å². The van der Waals surface area contributed by atoms with Gasteiger partial charge >= 0.3 is 5.63 Å². The second-order valence-electron chi connectivity index (χ2n) is 8.92. The van der Waals surface area contributed by atoms with E-state index in [0.717, 1.165) is 10.0 Å². The fourth-order valence-electron chi connectivity index (χ4n) is 5.05. The van der Waals surface area contributed by atoms with Gasteiger partial charge in [0.15, 0.2) is 17.2 Å². The molecule has 6 aromatic rings. The highest BCUT2D eigenvalue weighted by atomic mass is 79.9. The molecule has 0 amide bonds. The minimum atomic E-state index is -0.682. The van der Waals surface area contributed by atoms with Gasteiger partial charge in [-0.05, 0) is 30.3 Å². The maximum Gasteiger partial charge on any atom is 0.344 e. The van der Waals surface area contributed by atoms with Crippen LogP contribution in [0.4, 0.5) is 0 Å². The first-order valence-electron chi connectivity index (χ1n) is 12.0. The number of hydrogen-bond acceptors (Lipinski definition) is 8. The molecule has 1 aliphatic heterocycles. The van der Waals surface area contributed by atoms with E-state index in [4.69, 9.17) is 23.6 Å². The lowest BCUT2D eigenvalue weighted by Crippen LogP contribution is -2.22. The van der Waals surface area contributed by atoms with Crippen molar-refractivity contribution < 1.29 is 18.6 Å². The van der Waals surface area contributed by atoms with Crippen LogP contribution in [-0.2, 0) is 0 Å². The average Bonchev–Trinajstić information content (AvgIpc) is 3.40. The van der Waals surface area contributed by atoms with E-state index in [9.17, 15) is 4.79 Å². The summed E-state index contributed by atoms with van der Waals surface area (Å²) in [5.74, 6) is 1.66. The van der Waals surface area contributed by atoms with Crippen LogP contribution in [0.5, 0.6) is 23.1 Å². The highest BCUT2D eigenvalue weighted by Crippen LogP contribution is 2.51. The van der Waals surface area contributed by atoms with Crippen LogP contribution in [0.25, 0.3) is 28.0 Å². The lowest BCUT2D eigenvalue weighted by atomic mass is 9.83. The Morgan fingerprint density at radius 2 is 1.79 bits per heavy atom. The Kier molecular flexibility index (Phi) is 5.38. The van der Waals surface area contributed by atoms with Crippen molar-refractivity contribution in [1.82, 2.24) is 19.6 Å². The number of nitrogens with zero attached hydrogens (tertiary/aromatic N) is 4. The first-order chi connectivity index (χ1) is 19.1. The number of hydrogen-bond donors (Lipinski definition) is 0. The van der Waals surface area contributed by atoms with Crippen LogP contribution >= 0.6 is 15.9 Å². The van der Waals surface area contributed by atoms with E-state index in [0.29, 0.717) is 62.3 Å². The summed E-state index contributed by atoms with van der Waals surface area (Å²) >= 11 is 3.59. The standard InChI is InChI=1S/C29H19BrN4O5/c1-36-15-11-12-17(21(13-15)37-2)22-23-25(18-8-4-6-10-20(18)38-29(23)35)39-28-24(22)27-32-26(33-34(27)14-31-28)16-7-3-5-9-19(16)30/h3-14,22H,1-2H3. The van der Waals surface area contributed by atoms with Crippen molar-refractivity contribution in [3.8, 4) is 34.5 Å². The van der Waals surface area contributed by atoms with E-state index < -0.39 is 11.5 Å². The van der Waals surface area contributed by atoms with E-state index in [-0.39, 0.29) is 0 Å². The number of para-hydroxylation sites is 1. The Morgan fingerprint density at radius 1 is 0.974 bits per heavy atom. The van der Waals surface area contributed by atoms with Gasteiger partial charge in [-0.3, -0.25) is 0 Å². The quantitative estimate of drug-likeness (QED) is 0.234. The molecule has 0 spiro atoms. The SMILES string of the molecule is COc1ccc(C2c3c(c4ccccc4oc3=O)Oc3ncn4nc(-c5ccccc5Br)nc4c32)c(OC)c1. The van der Waals surface area contributed by atoms with Crippen LogP contribution in [-0.4, -0.2) is 33.8 Å². The molecule has 4 heterocycles. The van der Waals surface area contributed by atoms with Crippen LogP contribution < -0.4 is 19.8 Å². The van der Waals surface area contributed by atoms with Gasteiger partial charge < -0.3 is 18.6 Å². The summed E-state index contributed by atoms with van der Waals surface area (Å²) in [7, 11) is 3.16. The number of methoxy groups -OCH3 is 2. The van der Waals surface area contributed by atoms with Crippen molar-refractivity contribution >= 4 is 32.5 Å². The summed E-state index contributed by atoms with van der Waals surface area (Å²) in [5.41, 5.74) is 2.80. The molecule has 0 fully saturated rings. The van der Waals surface area contributed by atoms with Gasteiger partial charge in [0, 0.05) is 21.7 Å². The van der Waals surface area contributed by atoms with Crippen molar-refractivity contribution in [1.29, 1.82) is 0 Å². The molecule has 39 heavy (non-hydrogen) atoms. The van der Waals surface area contributed by atoms with Crippen LogP contribution in [0.2, 0.25) is 0 Å². The van der Waals surface area contributed by atoms with Gasteiger partial charge in [-0.25, -0.2) is 19.3 Å². The molecule has 7 rings (SSSR count). The number of rotatable bonds is 4. The third kappa shape index (κ3) is 3.59. The Bertz CT molecular complexity index is 1980. The predicted octanol–water partition coefficient (Wildman–Crippen LogP) is 5.96. The normalized spacial score (nSPS) is 14.1. The lowest BCUT2D eigenvalue weighted by Gasteiger charge is -2.28. The summed E-state index contributed by atoms with van der Waals surface area (Å²) in [6.07, 6.45) is 1.56. The van der Waals surface area contributed by atoms with Crippen molar-refractivity contribution in [3.63, 3.8) is 0 Å². The Balaban J connectivity index is 1.57. The molecule has 0 saturated heterocycles. The van der Waals surface area contributed by atoms with E-state index in [1.165, 1.54) is 0 Å². The summed E-state index contributed by atoms with van der Waals surface area (Å²) < 4.78 is 25.8. The summed E-state index contributed by atoms with van der Waals surface area (Å²) in [6, 6.07) is 20.4. The van der Waals surface area contributed by atoms with Gasteiger partial charge in [0.2, 0.25) is 5.88 Å². The fourth-order valence-corrected chi connectivity index (χ4v) is 5.52. The molecule has 1 aliphatic rings. The second-order valence-corrected chi connectivity index (χ2v) is 9.77. The molecule has 0 saturated carbocycles. The third-order valence-electron chi connectivity index (χ3n) is 6.83. The van der Waals surface area contributed by atoms with Gasteiger partial charge in [0.25, 0.3) is 0 Å². The zero-order valence-corrected chi connectivity index (χ0v) is 22.3. The zero-order chi connectivity index (χ0) is 26.7. The summed E-state index contributed by atoms with van der Waals surface area (Å²) in [5, 5.41) is 5.34. The third-order valence-corrected chi connectivity index (χ3v) is 7.52. The molecule has 0 radical (unpaired) electrons. The molecule has 0 bridgehead atoms. The average molecular weight is 583 g/mol. The summed E-state index contributed by atoms with van der Waals surface area (Å²) in [4.78, 5) is 23.1. The van der Waals surface area contributed by atoms with Crippen molar-refractivity contribution in [2.24, 2.45) is 0 Å². The Hall–Kier alpha value is -4.70. The van der Waals surface area contributed by atoms with Gasteiger partial charge in [0.05, 0.1) is 36.7 Å². The zero-order valence-electron chi connectivity index (χ0n) is 20.7. The number of fused-ring (bicyclic) bond motifs is 6. The van der Waals surface area contributed by atoms with E-state index >= 15 is 0 Å². The number of halogens is 1. The summed E-state index contributed by atoms with van der Waals surface area (Å²) in [6.45, 7) is 0. The topological polar surface area (TPSA) is 101 Å². The maximum absolute atomic E-state index is 13.6. The van der Waals surface area contributed by atoms with Gasteiger partial charge in [-0.15, -0.1) is 5.10 Å². The number of ether oxygens (including phenoxy) is 3. The molecule has 10 heteroatoms. The predicted molar refractivity (Wildman–Crippen MR) is 147 cm³/mol. The van der Waals surface area contributed by atoms with Gasteiger partial charge in [-0.1, -0.05) is 46.3 Å². The number of aromatic nitrogens is 4. The van der Waals surface area contributed by atoms with Gasteiger partial charge in [-0.2, -0.15) is 0 Å². The minimum absolute atomic E-state index is 0.319. The van der Waals surface area contributed by atoms with E-state index in [1.807, 2.05) is 48.5 Å². The number of benzene rings is 3. The Labute approximate surface area is 229 Å².